The summed E-state index contributed by atoms with van der Waals surface area (Å²) in [7, 11) is 0. The number of carbonyl (C=O) groups is 1. The van der Waals surface area contributed by atoms with E-state index in [0.717, 1.165) is 5.56 Å². The van der Waals surface area contributed by atoms with Crippen LogP contribution in [-0.2, 0) is 0 Å². The van der Waals surface area contributed by atoms with Gasteiger partial charge in [0.1, 0.15) is 0 Å². The highest BCUT2D eigenvalue weighted by molar-refractivity contribution is 6.33. The first kappa shape index (κ1) is 14.6. The minimum Gasteiger partial charge on any atom is -0.345 e. The maximum Gasteiger partial charge on any atom is 0.253 e. The van der Waals surface area contributed by atoms with Crippen LogP contribution in [0.5, 0.6) is 0 Å². The lowest BCUT2D eigenvalue weighted by atomic mass is 10.00. The Kier molecular flexibility index (Phi) is 4.46. The van der Waals surface area contributed by atoms with Crippen LogP contribution in [0.1, 0.15) is 40.0 Å². The van der Waals surface area contributed by atoms with Gasteiger partial charge < -0.3 is 5.32 Å². The van der Waals surface area contributed by atoms with Crippen LogP contribution in [0.15, 0.2) is 42.5 Å². The van der Waals surface area contributed by atoms with Gasteiger partial charge in [-0.15, -0.1) is 0 Å². The second-order valence-corrected chi connectivity index (χ2v) is 5.44. The highest BCUT2D eigenvalue weighted by Crippen LogP contribution is 2.20. The fourth-order valence-electron chi connectivity index (χ4n) is 2.31. The van der Waals surface area contributed by atoms with Crippen molar-refractivity contribution in [1.29, 1.82) is 0 Å². The number of nitrogens with one attached hydrogen (secondary N) is 1. The summed E-state index contributed by atoms with van der Waals surface area (Å²) in [5.74, 6) is -0.150. The molecular weight excluding hydrogens is 270 g/mol. The molecule has 0 saturated carbocycles. The van der Waals surface area contributed by atoms with E-state index in [1.165, 1.54) is 11.1 Å². The lowest BCUT2D eigenvalue weighted by Crippen LogP contribution is -2.27. The van der Waals surface area contributed by atoms with E-state index in [1.807, 2.05) is 19.1 Å². The van der Waals surface area contributed by atoms with Gasteiger partial charge >= 0.3 is 0 Å². The second kappa shape index (κ2) is 6.10. The molecule has 0 bridgehead atoms. The first-order valence-corrected chi connectivity index (χ1v) is 6.99. The van der Waals surface area contributed by atoms with Crippen molar-refractivity contribution >= 4 is 17.5 Å². The molecule has 0 aliphatic rings. The molecule has 0 aromatic heterocycles. The van der Waals surface area contributed by atoms with Crippen molar-refractivity contribution in [3.8, 4) is 0 Å². The molecule has 0 radical (unpaired) electrons. The van der Waals surface area contributed by atoms with E-state index in [4.69, 9.17) is 11.6 Å². The van der Waals surface area contributed by atoms with Gasteiger partial charge in [0, 0.05) is 0 Å². The minimum atomic E-state index is -0.150. The summed E-state index contributed by atoms with van der Waals surface area (Å²) >= 11 is 6.04. The van der Waals surface area contributed by atoms with Gasteiger partial charge in [-0.05, 0) is 44.0 Å². The number of carbonyl (C=O) groups excluding carboxylic acids is 1. The van der Waals surface area contributed by atoms with Crippen LogP contribution in [0.4, 0.5) is 0 Å². The van der Waals surface area contributed by atoms with Crippen molar-refractivity contribution in [2.45, 2.75) is 26.8 Å². The molecule has 2 rings (SSSR count). The Hall–Kier alpha value is -1.80. The zero-order valence-electron chi connectivity index (χ0n) is 11.9. The molecular formula is C17H18ClNO. The van der Waals surface area contributed by atoms with Gasteiger partial charge in [0.15, 0.2) is 0 Å². The number of rotatable bonds is 3. The quantitative estimate of drug-likeness (QED) is 0.888. The number of hydrogen-bond acceptors (Lipinski definition) is 1. The predicted molar refractivity (Wildman–Crippen MR) is 83.2 cm³/mol. The largest absolute Gasteiger partial charge is 0.345 e. The lowest BCUT2D eigenvalue weighted by Gasteiger charge is -2.17. The predicted octanol–water partition coefficient (Wildman–Crippen LogP) is 4.45. The Balaban J connectivity index is 2.17. The van der Waals surface area contributed by atoms with E-state index in [0.29, 0.717) is 10.6 Å². The summed E-state index contributed by atoms with van der Waals surface area (Å²) in [6, 6.07) is 13.2. The molecule has 1 atom stereocenters. The zero-order valence-corrected chi connectivity index (χ0v) is 12.7. The molecule has 2 aromatic carbocycles. The van der Waals surface area contributed by atoms with Gasteiger partial charge in [0.2, 0.25) is 0 Å². The van der Waals surface area contributed by atoms with E-state index in [1.54, 1.807) is 12.1 Å². The lowest BCUT2D eigenvalue weighted by molar-refractivity contribution is 0.0940. The number of hydrogen-bond donors (Lipinski definition) is 1. The molecule has 0 unspecified atom stereocenters. The standard InChI is InChI=1S/C17H18ClNO/c1-11-8-9-14(12(2)10-11)13(3)19-17(20)15-6-4-5-7-16(15)18/h4-10,13H,1-3H3,(H,19,20)/t13-/m0/s1. The third-order valence-corrected chi connectivity index (χ3v) is 3.69. The Morgan fingerprint density at radius 2 is 1.85 bits per heavy atom. The van der Waals surface area contributed by atoms with Gasteiger partial charge in [0.25, 0.3) is 5.91 Å². The van der Waals surface area contributed by atoms with Crippen LogP contribution in [-0.4, -0.2) is 5.91 Å². The smallest absolute Gasteiger partial charge is 0.253 e. The van der Waals surface area contributed by atoms with E-state index in [2.05, 4.69) is 37.4 Å². The Labute approximate surface area is 124 Å². The summed E-state index contributed by atoms with van der Waals surface area (Å²) in [5, 5.41) is 3.46. The van der Waals surface area contributed by atoms with Gasteiger partial charge in [-0.25, -0.2) is 0 Å². The summed E-state index contributed by atoms with van der Waals surface area (Å²) in [4.78, 5) is 12.2. The Morgan fingerprint density at radius 3 is 2.50 bits per heavy atom. The van der Waals surface area contributed by atoms with Crippen LogP contribution >= 0.6 is 11.6 Å². The fraction of sp³-hybridized carbons (Fsp3) is 0.235. The van der Waals surface area contributed by atoms with Crippen LogP contribution in [0.3, 0.4) is 0 Å². The molecule has 1 N–H and O–H groups in total. The van der Waals surface area contributed by atoms with Gasteiger partial charge in [-0.2, -0.15) is 0 Å². The fourth-order valence-corrected chi connectivity index (χ4v) is 2.53. The molecule has 0 fully saturated rings. The SMILES string of the molecule is Cc1ccc([C@H](C)NC(=O)c2ccccc2Cl)c(C)c1. The number of aryl methyl sites for hydroxylation is 2. The molecule has 20 heavy (non-hydrogen) atoms. The maximum absolute atomic E-state index is 12.2. The summed E-state index contributed by atoms with van der Waals surface area (Å²) in [6.45, 7) is 6.09. The average molecular weight is 288 g/mol. The highest BCUT2D eigenvalue weighted by Gasteiger charge is 2.15. The minimum absolute atomic E-state index is 0.0561. The van der Waals surface area contributed by atoms with E-state index in [9.17, 15) is 4.79 Å². The van der Waals surface area contributed by atoms with Crippen molar-refractivity contribution in [2.24, 2.45) is 0 Å². The molecule has 0 spiro atoms. The molecule has 0 heterocycles. The number of benzene rings is 2. The molecule has 2 aromatic rings. The monoisotopic (exact) mass is 287 g/mol. The van der Waals surface area contributed by atoms with Crippen molar-refractivity contribution in [1.82, 2.24) is 5.32 Å². The first-order chi connectivity index (χ1) is 9.49. The highest BCUT2D eigenvalue weighted by atomic mass is 35.5. The summed E-state index contributed by atoms with van der Waals surface area (Å²) in [6.07, 6.45) is 0. The number of amides is 1. The van der Waals surface area contributed by atoms with E-state index < -0.39 is 0 Å². The maximum atomic E-state index is 12.2. The summed E-state index contributed by atoms with van der Waals surface area (Å²) in [5.41, 5.74) is 4.02. The third kappa shape index (κ3) is 3.20. The average Bonchev–Trinajstić information content (AvgIpc) is 2.38. The molecule has 0 aliphatic carbocycles. The first-order valence-electron chi connectivity index (χ1n) is 6.61. The van der Waals surface area contributed by atoms with Crippen LogP contribution < -0.4 is 5.32 Å². The molecule has 2 nitrogen and oxygen atoms in total. The molecule has 104 valence electrons. The summed E-state index contributed by atoms with van der Waals surface area (Å²) < 4.78 is 0. The van der Waals surface area contributed by atoms with Crippen LogP contribution in [0, 0.1) is 13.8 Å². The molecule has 0 saturated heterocycles. The van der Waals surface area contributed by atoms with Crippen molar-refractivity contribution in [3.05, 3.63) is 69.7 Å². The number of halogens is 1. The van der Waals surface area contributed by atoms with Gasteiger partial charge in [-0.1, -0.05) is 47.5 Å². The zero-order chi connectivity index (χ0) is 14.7. The van der Waals surface area contributed by atoms with Gasteiger partial charge in [-0.3, -0.25) is 4.79 Å². The van der Waals surface area contributed by atoms with Crippen LogP contribution in [0.25, 0.3) is 0 Å². The topological polar surface area (TPSA) is 29.1 Å². The molecule has 0 aliphatic heterocycles. The Morgan fingerprint density at radius 1 is 1.15 bits per heavy atom. The molecule has 1 amide bonds. The van der Waals surface area contributed by atoms with E-state index in [-0.39, 0.29) is 11.9 Å². The van der Waals surface area contributed by atoms with Crippen LogP contribution in [0.2, 0.25) is 5.02 Å². The normalized spacial score (nSPS) is 12.0. The van der Waals surface area contributed by atoms with E-state index >= 15 is 0 Å². The molecule has 3 heteroatoms. The Bertz CT molecular complexity index is 637. The second-order valence-electron chi connectivity index (χ2n) is 5.04. The third-order valence-electron chi connectivity index (χ3n) is 3.36. The van der Waals surface area contributed by atoms with Crippen molar-refractivity contribution < 1.29 is 4.79 Å². The van der Waals surface area contributed by atoms with Crippen molar-refractivity contribution in [3.63, 3.8) is 0 Å². The van der Waals surface area contributed by atoms with Gasteiger partial charge in [0.05, 0.1) is 16.6 Å². The van der Waals surface area contributed by atoms with Crippen molar-refractivity contribution in [2.75, 3.05) is 0 Å².